The average Bonchev–Trinajstić information content (AvgIpc) is 2.07. The van der Waals surface area contributed by atoms with Gasteiger partial charge in [-0.2, -0.15) is 0 Å². The summed E-state index contributed by atoms with van der Waals surface area (Å²) >= 11 is 0. The van der Waals surface area contributed by atoms with Crippen LogP contribution < -0.4 is 11.1 Å². The maximum absolute atomic E-state index is 10.6. The van der Waals surface area contributed by atoms with Crippen LogP contribution in [-0.2, 0) is 19.2 Å². The molecule has 0 bridgehead atoms. The van der Waals surface area contributed by atoms with Crippen molar-refractivity contribution >= 4 is 23.5 Å². The van der Waals surface area contributed by atoms with Gasteiger partial charge in [-0.3, -0.25) is 24.5 Å². The van der Waals surface area contributed by atoms with Gasteiger partial charge >= 0.3 is 0 Å². The first-order valence-electron chi connectivity index (χ1n) is 2.72. The molecule has 0 radical (unpaired) electrons. The third-order valence-electron chi connectivity index (χ3n) is 1.27. The Balaban J connectivity index is 2.98. The summed E-state index contributed by atoms with van der Waals surface area (Å²) in [5.74, 6) is -5.81. The first-order valence-corrected chi connectivity index (χ1v) is 2.72. The molecule has 0 aliphatic carbocycles. The second-order valence-corrected chi connectivity index (χ2v) is 2.02. The summed E-state index contributed by atoms with van der Waals surface area (Å²) in [6, 6.07) is 0. The zero-order valence-electron chi connectivity index (χ0n) is 5.29. The smallest absolute Gasteiger partial charge is 0.295 e. The van der Waals surface area contributed by atoms with Crippen molar-refractivity contribution in [1.82, 2.24) is 5.32 Å². The Morgan fingerprint density at radius 1 is 1.36 bits per heavy atom. The Morgan fingerprint density at radius 3 is 2.09 bits per heavy atom. The number of rotatable bonds is 1. The Morgan fingerprint density at radius 2 is 1.91 bits per heavy atom. The van der Waals surface area contributed by atoms with Crippen molar-refractivity contribution in [3.05, 3.63) is 0 Å². The molecule has 3 amide bonds. The van der Waals surface area contributed by atoms with Crippen molar-refractivity contribution in [2.24, 2.45) is 11.7 Å². The van der Waals surface area contributed by atoms with Crippen LogP contribution in [0.4, 0.5) is 0 Å². The lowest BCUT2D eigenvalue weighted by Gasteiger charge is -1.94. The highest BCUT2D eigenvalue weighted by Gasteiger charge is 2.43. The van der Waals surface area contributed by atoms with Gasteiger partial charge in [0, 0.05) is 0 Å². The van der Waals surface area contributed by atoms with E-state index < -0.39 is 29.4 Å². The number of ketones is 1. The van der Waals surface area contributed by atoms with E-state index in [1.165, 1.54) is 0 Å². The monoisotopic (exact) mass is 156 g/mol. The second-order valence-electron chi connectivity index (χ2n) is 2.02. The summed E-state index contributed by atoms with van der Waals surface area (Å²) in [5.41, 5.74) is 4.67. The van der Waals surface area contributed by atoms with Gasteiger partial charge in [-0.1, -0.05) is 0 Å². The van der Waals surface area contributed by atoms with Crippen LogP contribution in [0, 0.1) is 5.92 Å². The average molecular weight is 156 g/mol. The molecule has 1 atom stereocenters. The van der Waals surface area contributed by atoms with E-state index in [1.807, 2.05) is 0 Å². The van der Waals surface area contributed by atoms with Crippen molar-refractivity contribution in [2.45, 2.75) is 0 Å². The molecule has 6 heteroatoms. The standard InChI is InChI=1S/C5H4N2O4/c6-3(9)1-2(8)5(11)7-4(1)10/h1H,(H2,6,9)(H,7,10,11). The van der Waals surface area contributed by atoms with Gasteiger partial charge in [0.05, 0.1) is 0 Å². The Labute approximate surface area is 60.7 Å². The number of primary amides is 1. The van der Waals surface area contributed by atoms with E-state index in [-0.39, 0.29) is 0 Å². The Hall–Kier alpha value is -1.72. The van der Waals surface area contributed by atoms with E-state index in [0.717, 1.165) is 0 Å². The van der Waals surface area contributed by atoms with Crippen molar-refractivity contribution < 1.29 is 19.2 Å². The van der Waals surface area contributed by atoms with Gasteiger partial charge in [-0.05, 0) is 0 Å². The number of hydrogen-bond acceptors (Lipinski definition) is 4. The molecule has 0 spiro atoms. The molecule has 1 heterocycles. The molecule has 1 aliphatic rings. The molecule has 1 fully saturated rings. The Bertz CT molecular complexity index is 270. The van der Waals surface area contributed by atoms with Crippen LogP contribution in [0.25, 0.3) is 0 Å². The predicted molar refractivity (Wildman–Crippen MR) is 30.8 cm³/mol. The van der Waals surface area contributed by atoms with Crippen LogP contribution in [0.3, 0.4) is 0 Å². The SMILES string of the molecule is NC(=O)C1C(=O)NC(=O)C1=O. The molecule has 0 aromatic rings. The van der Waals surface area contributed by atoms with Crippen LogP contribution >= 0.6 is 0 Å². The van der Waals surface area contributed by atoms with E-state index in [9.17, 15) is 19.2 Å². The third kappa shape index (κ3) is 0.977. The minimum atomic E-state index is -1.62. The number of nitrogens with one attached hydrogen (secondary N) is 1. The van der Waals surface area contributed by atoms with Gasteiger partial charge in [-0.25, -0.2) is 0 Å². The lowest BCUT2D eigenvalue weighted by atomic mass is 10.1. The minimum Gasteiger partial charge on any atom is -0.369 e. The summed E-state index contributed by atoms with van der Waals surface area (Å²) in [4.78, 5) is 42.0. The summed E-state index contributed by atoms with van der Waals surface area (Å²) in [6.07, 6.45) is 0. The molecule has 0 aromatic heterocycles. The maximum atomic E-state index is 10.6. The second kappa shape index (κ2) is 2.15. The van der Waals surface area contributed by atoms with Crippen LogP contribution in [0.1, 0.15) is 0 Å². The fourth-order valence-corrected chi connectivity index (χ4v) is 0.754. The highest BCUT2D eigenvalue weighted by Crippen LogP contribution is 2.04. The molecule has 6 nitrogen and oxygen atoms in total. The van der Waals surface area contributed by atoms with Crippen LogP contribution in [0.15, 0.2) is 0 Å². The van der Waals surface area contributed by atoms with Crippen LogP contribution in [-0.4, -0.2) is 23.5 Å². The van der Waals surface area contributed by atoms with Crippen LogP contribution in [0.2, 0.25) is 0 Å². The molecule has 1 saturated heterocycles. The van der Waals surface area contributed by atoms with Gasteiger partial charge in [0.1, 0.15) is 0 Å². The summed E-state index contributed by atoms with van der Waals surface area (Å²) in [7, 11) is 0. The molecule has 11 heavy (non-hydrogen) atoms. The number of Topliss-reactive ketones (excluding diaryl/α,β-unsaturated/α-hetero) is 1. The topological polar surface area (TPSA) is 106 Å². The largest absolute Gasteiger partial charge is 0.369 e. The first-order chi connectivity index (χ1) is 5.04. The van der Waals surface area contributed by atoms with E-state index in [2.05, 4.69) is 5.73 Å². The van der Waals surface area contributed by atoms with Gasteiger partial charge in [0.25, 0.3) is 5.91 Å². The molecule has 1 rings (SSSR count). The summed E-state index contributed by atoms with van der Waals surface area (Å²) < 4.78 is 0. The van der Waals surface area contributed by atoms with Crippen molar-refractivity contribution in [3.63, 3.8) is 0 Å². The fourth-order valence-electron chi connectivity index (χ4n) is 0.754. The highest BCUT2D eigenvalue weighted by atomic mass is 16.2. The summed E-state index contributed by atoms with van der Waals surface area (Å²) in [6.45, 7) is 0. The van der Waals surface area contributed by atoms with Gasteiger partial charge in [0.15, 0.2) is 5.92 Å². The van der Waals surface area contributed by atoms with Crippen molar-refractivity contribution in [1.29, 1.82) is 0 Å². The zero-order valence-corrected chi connectivity index (χ0v) is 5.29. The van der Waals surface area contributed by atoms with Gasteiger partial charge in [0.2, 0.25) is 17.6 Å². The maximum Gasteiger partial charge on any atom is 0.295 e. The van der Waals surface area contributed by atoms with E-state index in [0.29, 0.717) is 0 Å². The molecule has 3 N–H and O–H groups in total. The lowest BCUT2D eigenvalue weighted by molar-refractivity contribution is -0.140. The molecule has 58 valence electrons. The van der Waals surface area contributed by atoms with Gasteiger partial charge < -0.3 is 5.73 Å². The zero-order chi connectivity index (χ0) is 8.59. The summed E-state index contributed by atoms with van der Waals surface area (Å²) in [5, 5.41) is 1.67. The van der Waals surface area contributed by atoms with Gasteiger partial charge in [-0.15, -0.1) is 0 Å². The molecule has 0 saturated carbocycles. The first kappa shape index (κ1) is 7.39. The number of nitrogens with two attached hydrogens (primary N) is 1. The molecule has 1 unspecified atom stereocenters. The number of imide groups is 1. The molecular formula is C5H4N2O4. The van der Waals surface area contributed by atoms with E-state index >= 15 is 0 Å². The molecule has 1 aliphatic heterocycles. The van der Waals surface area contributed by atoms with Crippen LogP contribution in [0.5, 0.6) is 0 Å². The quantitative estimate of drug-likeness (QED) is 0.245. The molecular weight excluding hydrogens is 152 g/mol. The number of amides is 3. The number of hydrogen-bond donors (Lipinski definition) is 2. The Kier molecular flexibility index (Phi) is 1.45. The van der Waals surface area contributed by atoms with Crippen molar-refractivity contribution in [2.75, 3.05) is 0 Å². The normalized spacial score (nSPS) is 23.6. The highest BCUT2D eigenvalue weighted by molar-refractivity contribution is 6.52. The third-order valence-corrected chi connectivity index (χ3v) is 1.27. The van der Waals surface area contributed by atoms with E-state index in [1.54, 1.807) is 5.32 Å². The fraction of sp³-hybridized carbons (Fsp3) is 0.200. The number of carbonyl (C=O) groups excluding carboxylic acids is 4. The predicted octanol–water partition coefficient (Wildman–Crippen LogP) is -2.69. The molecule has 0 aromatic carbocycles. The lowest BCUT2D eigenvalue weighted by Crippen LogP contribution is -2.33. The van der Waals surface area contributed by atoms with Crippen molar-refractivity contribution in [3.8, 4) is 0 Å². The minimum absolute atomic E-state index is 0.937. The number of carbonyl (C=O) groups is 4. The van der Waals surface area contributed by atoms with E-state index in [4.69, 9.17) is 0 Å².